The molecular formula is C24H23BrO6. The van der Waals surface area contributed by atoms with Gasteiger partial charge in [-0.2, -0.15) is 0 Å². The highest BCUT2D eigenvalue weighted by Crippen LogP contribution is 2.26. The van der Waals surface area contributed by atoms with Gasteiger partial charge in [0.15, 0.2) is 17.0 Å². The molecule has 162 valence electrons. The summed E-state index contributed by atoms with van der Waals surface area (Å²) in [6, 6.07) is 13.7. The number of carbonyl (C=O) groups excluding carboxylic acids is 1. The summed E-state index contributed by atoms with van der Waals surface area (Å²) in [6.07, 6.45) is 0.406. The van der Waals surface area contributed by atoms with E-state index in [1.54, 1.807) is 25.1 Å². The zero-order valence-electron chi connectivity index (χ0n) is 17.3. The number of benzene rings is 2. The number of Topliss-reactive ketones (excluding diaryl/α,β-unsaturated/α-hetero) is 1. The molecule has 0 aliphatic rings. The highest BCUT2D eigenvalue weighted by atomic mass is 79.9. The predicted octanol–water partition coefficient (Wildman–Crippen LogP) is 5.45. The summed E-state index contributed by atoms with van der Waals surface area (Å²) in [4.78, 5) is 37.0. The molecule has 0 saturated carbocycles. The van der Waals surface area contributed by atoms with Crippen molar-refractivity contribution in [2.75, 3.05) is 0 Å². The smallest absolute Gasteiger partial charge is 0.307 e. The Balaban J connectivity index is 1.86. The summed E-state index contributed by atoms with van der Waals surface area (Å²) in [5.41, 5.74) is 0.743. The van der Waals surface area contributed by atoms with Crippen LogP contribution in [0.5, 0.6) is 5.75 Å². The van der Waals surface area contributed by atoms with Crippen LogP contribution in [-0.4, -0.2) is 16.9 Å². The van der Waals surface area contributed by atoms with Gasteiger partial charge in [-0.3, -0.25) is 14.4 Å². The fourth-order valence-electron chi connectivity index (χ4n) is 3.29. The fraction of sp³-hybridized carbons (Fsp3) is 0.292. The van der Waals surface area contributed by atoms with E-state index < -0.39 is 23.1 Å². The van der Waals surface area contributed by atoms with Crippen LogP contribution in [0.2, 0.25) is 0 Å². The molecule has 0 bridgehead atoms. The predicted molar refractivity (Wildman–Crippen MR) is 120 cm³/mol. The first-order valence-electron chi connectivity index (χ1n) is 10.00. The Hall–Kier alpha value is -2.93. The largest absolute Gasteiger partial charge is 0.488 e. The van der Waals surface area contributed by atoms with Crippen molar-refractivity contribution in [1.82, 2.24) is 0 Å². The molecule has 3 aromatic rings. The number of aliphatic carboxylic acids is 1. The highest BCUT2D eigenvalue weighted by Gasteiger charge is 2.28. The lowest BCUT2D eigenvalue weighted by molar-refractivity contribution is -0.143. The number of halogens is 1. The molecule has 1 unspecified atom stereocenters. The molecule has 0 radical (unpaired) electrons. The standard InChI is InChI=1S/C24H23BrO6/c1-3-14(2)17(24(28)29)11-18(26)22-12-19(27)23-20(5-4-6-21(23)31-22)30-13-15-7-9-16(25)10-8-15/h4-10,12,14,17H,3,11,13H2,1-2H3,(H,28,29)/t14?,17-/m0/s1. The van der Waals surface area contributed by atoms with Gasteiger partial charge >= 0.3 is 5.97 Å². The molecule has 1 aromatic heterocycles. The summed E-state index contributed by atoms with van der Waals surface area (Å²) in [6.45, 7) is 3.93. The maximum absolute atomic E-state index is 12.8. The van der Waals surface area contributed by atoms with Gasteiger partial charge in [-0.25, -0.2) is 0 Å². The van der Waals surface area contributed by atoms with Crippen LogP contribution < -0.4 is 10.2 Å². The van der Waals surface area contributed by atoms with Crippen LogP contribution in [0.25, 0.3) is 11.0 Å². The molecule has 2 aromatic carbocycles. The van der Waals surface area contributed by atoms with E-state index in [1.807, 2.05) is 31.2 Å². The molecule has 31 heavy (non-hydrogen) atoms. The Labute approximate surface area is 188 Å². The van der Waals surface area contributed by atoms with Crippen molar-refractivity contribution in [1.29, 1.82) is 0 Å². The number of carbonyl (C=O) groups is 2. The van der Waals surface area contributed by atoms with Crippen molar-refractivity contribution >= 4 is 38.7 Å². The average molecular weight is 487 g/mol. The SMILES string of the molecule is CCC(C)[C@H](CC(=O)c1cc(=O)c2c(OCc3ccc(Br)cc3)cccc2o1)C(=O)O. The van der Waals surface area contributed by atoms with Crippen molar-refractivity contribution in [3.63, 3.8) is 0 Å². The summed E-state index contributed by atoms with van der Waals surface area (Å²) in [7, 11) is 0. The summed E-state index contributed by atoms with van der Waals surface area (Å²) in [5, 5.41) is 9.68. The van der Waals surface area contributed by atoms with Crippen LogP contribution in [-0.2, 0) is 11.4 Å². The number of ketones is 1. The molecular weight excluding hydrogens is 464 g/mol. The molecule has 0 saturated heterocycles. The first kappa shape index (κ1) is 22.7. The van der Waals surface area contributed by atoms with E-state index in [0.717, 1.165) is 16.1 Å². The minimum atomic E-state index is -1.03. The van der Waals surface area contributed by atoms with Gasteiger partial charge in [0.25, 0.3) is 0 Å². The van der Waals surface area contributed by atoms with E-state index in [9.17, 15) is 19.5 Å². The fourth-order valence-corrected chi connectivity index (χ4v) is 3.56. The van der Waals surface area contributed by atoms with Gasteiger partial charge in [0.2, 0.25) is 0 Å². The molecule has 0 spiro atoms. The van der Waals surface area contributed by atoms with Gasteiger partial charge in [0, 0.05) is 17.0 Å². The van der Waals surface area contributed by atoms with Crippen molar-refractivity contribution in [3.8, 4) is 5.75 Å². The van der Waals surface area contributed by atoms with Crippen LogP contribution in [0.15, 0.2) is 62.2 Å². The first-order valence-corrected chi connectivity index (χ1v) is 10.8. The maximum atomic E-state index is 12.8. The Morgan fingerprint density at radius 1 is 1.16 bits per heavy atom. The van der Waals surface area contributed by atoms with Crippen LogP contribution in [0, 0.1) is 11.8 Å². The Bertz CT molecular complexity index is 1150. The normalized spacial score (nSPS) is 13.0. The van der Waals surface area contributed by atoms with Crippen LogP contribution in [0.4, 0.5) is 0 Å². The second-order valence-corrected chi connectivity index (χ2v) is 8.39. The quantitative estimate of drug-likeness (QED) is 0.403. The molecule has 0 aliphatic heterocycles. The van der Waals surface area contributed by atoms with Gasteiger partial charge in [-0.1, -0.05) is 54.4 Å². The second-order valence-electron chi connectivity index (χ2n) is 7.48. The lowest BCUT2D eigenvalue weighted by Crippen LogP contribution is -2.24. The number of rotatable bonds is 9. The van der Waals surface area contributed by atoms with Gasteiger partial charge in [0.1, 0.15) is 23.3 Å². The van der Waals surface area contributed by atoms with Crippen LogP contribution >= 0.6 is 15.9 Å². The van der Waals surface area contributed by atoms with E-state index in [4.69, 9.17) is 9.15 Å². The zero-order valence-corrected chi connectivity index (χ0v) is 18.8. The number of carboxylic acid groups (broad SMARTS) is 1. The van der Waals surface area contributed by atoms with E-state index in [-0.39, 0.29) is 35.7 Å². The summed E-state index contributed by atoms with van der Waals surface area (Å²) in [5.74, 6) is -2.33. The Morgan fingerprint density at radius 3 is 2.52 bits per heavy atom. The van der Waals surface area contributed by atoms with Crippen molar-refractivity contribution in [3.05, 3.63) is 74.6 Å². The molecule has 2 atom stereocenters. The van der Waals surface area contributed by atoms with E-state index >= 15 is 0 Å². The van der Waals surface area contributed by atoms with E-state index in [2.05, 4.69) is 15.9 Å². The third-order valence-electron chi connectivity index (χ3n) is 5.35. The van der Waals surface area contributed by atoms with Crippen LogP contribution in [0.1, 0.15) is 42.8 Å². The zero-order chi connectivity index (χ0) is 22.5. The lowest BCUT2D eigenvalue weighted by Gasteiger charge is -2.17. The number of hydrogen-bond acceptors (Lipinski definition) is 5. The molecule has 3 rings (SSSR count). The molecule has 6 nitrogen and oxygen atoms in total. The maximum Gasteiger partial charge on any atom is 0.307 e. The van der Waals surface area contributed by atoms with E-state index in [0.29, 0.717) is 12.2 Å². The number of carboxylic acids is 1. The second kappa shape index (κ2) is 9.92. The molecule has 7 heteroatoms. The molecule has 1 heterocycles. The minimum absolute atomic E-state index is 0.142. The molecule has 0 fully saturated rings. The first-order chi connectivity index (χ1) is 14.8. The molecule has 1 N–H and O–H groups in total. The average Bonchev–Trinajstić information content (AvgIpc) is 2.75. The third kappa shape index (κ3) is 5.41. The molecule has 0 amide bonds. The number of fused-ring (bicyclic) bond motifs is 1. The van der Waals surface area contributed by atoms with Crippen molar-refractivity contribution in [2.24, 2.45) is 11.8 Å². The number of hydrogen-bond donors (Lipinski definition) is 1. The van der Waals surface area contributed by atoms with Crippen molar-refractivity contribution < 1.29 is 23.8 Å². The van der Waals surface area contributed by atoms with Gasteiger partial charge in [-0.05, 0) is 35.7 Å². The van der Waals surface area contributed by atoms with Crippen molar-refractivity contribution in [2.45, 2.75) is 33.3 Å². The van der Waals surface area contributed by atoms with Gasteiger partial charge in [0.05, 0.1) is 5.92 Å². The van der Waals surface area contributed by atoms with E-state index in [1.165, 1.54) is 0 Å². The van der Waals surface area contributed by atoms with Crippen LogP contribution in [0.3, 0.4) is 0 Å². The molecule has 0 aliphatic carbocycles. The Kier molecular flexibility index (Phi) is 7.28. The minimum Gasteiger partial charge on any atom is -0.488 e. The highest BCUT2D eigenvalue weighted by molar-refractivity contribution is 9.10. The lowest BCUT2D eigenvalue weighted by atomic mass is 9.87. The van der Waals surface area contributed by atoms with Gasteiger partial charge < -0.3 is 14.3 Å². The summed E-state index contributed by atoms with van der Waals surface area (Å²) >= 11 is 3.38. The monoisotopic (exact) mass is 486 g/mol. The topological polar surface area (TPSA) is 93.8 Å². The summed E-state index contributed by atoms with van der Waals surface area (Å²) < 4.78 is 12.5. The Morgan fingerprint density at radius 2 is 1.87 bits per heavy atom. The van der Waals surface area contributed by atoms with Gasteiger partial charge in [-0.15, -0.1) is 0 Å². The third-order valence-corrected chi connectivity index (χ3v) is 5.88. The number of ether oxygens (including phenoxy) is 1.